The molecule has 2 nitrogen and oxygen atoms in total. The third kappa shape index (κ3) is 2.38. The second kappa shape index (κ2) is 4.88. The summed E-state index contributed by atoms with van der Waals surface area (Å²) in [5.74, 6) is 0.147. The van der Waals surface area contributed by atoms with Crippen molar-refractivity contribution in [2.45, 2.75) is 26.2 Å². The van der Waals surface area contributed by atoms with E-state index in [4.69, 9.17) is 11.6 Å². The molecule has 0 spiro atoms. The van der Waals surface area contributed by atoms with Gasteiger partial charge in [0, 0.05) is 23.7 Å². The number of amides is 1. The smallest absolute Gasteiger partial charge is 0.254 e. The summed E-state index contributed by atoms with van der Waals surface area (Å²) in [6, 6.07) is 5.46. The molecule has 0 saturated carbocycles. The SMILES string of the molecule is Cc1cc(Cl)ccc1C(=O)N1CCCCC1. The summed E-state index contributed by atoms with van der Waals surface area (Å²) in [5, 5.41) is 0.688. The maximum Gasteiger partial charge on any atom is 0.254 e. The van der Waals surface area contributed by atoms with Crippen molar-refractivity contribution in [2.75, 3.05) is 13.1 Å². The van der Waals surface area contributed by atoms with E-state index in [0.29, 0.717) is 5.02 Å². The first kappa shape index (κ1) is 11.5. The normalized spacial score (nSPS) is 16.2. The highest BCUT2D eigenvalue weighted by Gasteiger charge is 2.19. The first-order valence-electron chi connectivity index (χ1n) is 5.74. The summed E-state index contributed by atoms with van der Waals surface area (Å²) in [6.07, 6.45) is 3.49. The molecule has 0 bridgehead atoms. The van der Waals surface area contributed by atoms with Crippen molar-refractivity contribution in [1.82, 2.24) is 4.90 Å². The van der Waals surface area contributed by atoms with Gasteiger partial charge in [-0.1, -0.05) is 11.6 Å². The molecule has 0 N–H and O–H groups in total. The summed E-state index contributed by atoms with van der Waals surface area (Å²) in [4.78, 5) is 14.2. The lowest BCUT2D eigenvalue weighted by molar-refractivity contribution is 0.0723. The van der Waals surface area contributed by atoms with Crippen molar-refractivity contribution in [3.8, 4) is 0 Å². The van der Waals surface area contributed by atoms with Crippen LogP contribution >= 0.6 is 11.6 Å². The minimum atomic E-state index is 0.147. The van der Waals surface area contributed by atoms with E-state index in [0.717, 1.165) is 37.1 Å². The fourth-order valence-electron chi connectivity index (χ4n) is 2.13. The molecule has 1 saturated heterocycles. The molecule has 1 aromatic carbocycles. The van der Waals surface area contributed by atoms with E-state index in [1.165, 1.54) is 6.42 Å². The zero-order chi connectivity index (χ0) is 11.5. The molecule has 1 aliphatic rings. The summed E-state index contributed by atoms with van der Waals surface area (Å²) >= 11 is 5.88. The lowest BCUT2D eigenvalue weighted by Gasteiger charge is -2.27. The number of halogens is 1. The molecule has 16 heavy (non-hydrogen) atoms. The predicted octanol–water partition coefficient (Wildman–Crippen LogP) is 3.27. The van der Waals surface area contributed by atoms with Gasteiger partial charge in [-0.05, 0) is 49.9 Å². The highest BCUT2D eigenvalue weighted by molar-refractivity contribution is 6.30. The molecule has 0 radical (unpaired) electrons. The van der Waals surface area contributed by atoms with Gasteiger partial charge in [0.25, 0.3) is 5.91 Å². The number of hydrogen-bond donors (Lipinski definition) is 0. The minimum Gasteiger partial charge on any atom is -0.339 e. The van der Waals surface area contributed by atoms with Crippen LogP contribution in [0.2, 0.25) is 5.02 Å². The van der Waals surface area contributed by atoms with Gasteiger partial charge >= 0.3 is 0 Å². The highest BCUT2D eigenvalue weighted by atomic mass is 35.5. The van der Waals surface area contributed by atoms with Gasteiger partial charge in [0.15, 0.2) is 0 Å². The Morgan fingerprint density at radius 2 is 1.94 bits per heavy atom. The van der Waals surface area contributed by atoms with Crippen molar-refractivity contribution in [3.05, 3.63) is 34.3 Å². The quantitative estimate of drug-likeness (QED) is 0.734. The van der Waals surface area contributed by atoms with Crippen LogP contribution in [-0.4, -0.2) is 23.9 Å². The molecule has 0 atom stereocenters. The largest absolute Gasteiger partial charge is 0.339 e. The van der Waals surface area contributed by atoms with Gasteiger partial charge in [0.05, 0.1) is 0 Å². The summed E-state index contributed by atoms with van der Waals surface area (Å²) in [7, 11) is 0. The molecule has 0 aliphatic carbocycles. The first-order chi connectivity index (χ1) is 7.68. The number of carbonyl (C=O) groups excluding carboxylic acids is 1. The van der Waals surface area contributed by atoms with Crippen LogP contribution in [0.5, 0.6) is 0 Å². The topological polar surface area (TPSA) is 20.3 Å². The monoisotopic (exact) mass is 237 g/mol. The third-order valence-electron chi connectivity index (χ3n) is 3.06. The van der Waals surface area contributed by atoms with E-state index >= 15 is 0 Å². The number of nitrogens with zero attached hydrogens (tertiary/aromatic N) is 1. The highest BCUT2D eigenvalue weighted by Crippen LogP contribution is 2.19. The third-order valence-corrected chi connectivity index (χ3v) is 3.30. The minimum absolute atomic E-state index is 0.147. The number of rotatable bonds is 1. The molecular formula is C13H16ClNO. The van der Waals surface area contributed by atoms with E-state index in [2.05, 4.69) is 0 Å². The number of piperidine rings is 1. The summed E-state index contributed by atoms with van der Waals surface area (Å²) in [5.41, 5.74) is 1.74. The molecule has 1 aromatic rings. The van der Waals surface area contributed by atoms with Gasteiger partial charge in [-0.3, -0.25) is 4.79 Å². The predicted molar refractivity (Wildman–Crippen MR) is 65.9 cm³/mol. The maximum atomic E-state index is 12.2. The van der Waals surface area contributed by atoms with Crippen LogP contribution in [-0.2, 0) is 0 Å². The van der Waals surface area contributed by atoms with Crippen molar-refractivity contribution in [3.63, 3.8) is 0 Å². The van der Waals surface area contributed by atoms with E-state index in [-0.39, 0.29) is 5.91 Å². The molecule has 0 unspecified atom stereocenters. The van der Waals surface area contributed by atoms with Crippen LogP contribution in [0.3, 0.4) is 0 Å². The average molecular weight is 238 g/mol. The molecule has 3 heteroatoms. The Morgan fingerprint density at radius 1 is 1.25 bits per heavy atom. The van der Waals surface area contributed by atoms with E-state index in [1.807, 2.05) is 24.0 Å². The van der Waals surface area contributed by atoms with Gasteiger partial charge in [0.1, 0.15) is 0 Å². The van der Waals surface area contributed by atoms with Crippen molar-refractivity contribution < 1.29 is 4.79 Å². The number of likely N-dealkylation sites (tertiary alicyclic amines) is 1. The van der Waals surface area contributed by atoms with Crippen LogP contribution in [0.4, 0.5) is 0 Å². The fourth-order valence-corrected chi connectivity index (χ4v) is 2.36. The van der Waals surface area contributed by atoms with Crippen molar-refractivity contribution in [1.29, 1.82) is 0 Å². The van der Waals surface area contributed by atoms with Gasteiger partial charge in [0.2, 0.25) is 0 Å². The number of hydrogen-bond acceptors (Lipinski definition) is 1. The van der Waals surface area contributed by atoms with Crippen LogP contribution < -0.4 is 0 Å². The Labute approximate surface area is 101 Å². The number of benzene rings is 1. The Kier molecular flexibility index (Phi) is 3.49. The molecule has 1 heterocycles. The molecule has 86 valence electrons. The van der Waals surface area contributed by atoms with Gasteiger partial charge in [-0.15, -0.1) is 0 Å². The summed E-state index contributed by atoms with van der Waals surface area (Å²) < 4.78 is 0. The molecule has 1 amide bonds. The molecular weight excluding hydrogens is 222 g/mol. The zero-order valence-corrected chi connectivity index (χ0v) is 10.3. The van der Waals surface area contributed by atoms with Crippen molar-refractivity contribution >= 4 is 17.5 Å². The van der Waals surface area contributed by atoms with Gasteiger partial charge in [-0.2, -0.15) is 0 Å². The average Bonchev–Trinajstić information content (AvgIpc) is 2.29. The first-order valence-corrected chi connectivity index (χ1v) is 6.12. The second-order valence-corrected chi connectivity index (χ2v) is 4.75. The molecule has 1 aliphatic heterocycles. The van der Waals surface area contributed by atoms with E-state index in [1.54, 1.807) is 6.07 Å². The Bertz CT molecular complexity index is 397. The van der Waals surface area contributed by atoms with Gasteiger partial charge in [-0.25, -0.2) is 0 Å². The molecule has 0 aromatic heterocycles. The lowest BCUT2D eigenvalue weighted by atomic mass is 10.1. The van der Waals surface area contributed by atoms with E-state index in [9.17, 15) is 4.79 Å². The Balaban J connectivity index is 2.19. The number of aryl methyl sites for hydroxylation is 1. The zero-order valence-electron chi connectivity index (χ0n) is 9.50. The maximum absolute atomic E-state index is 12.2. The van der Waals surface area contributed by atoms with Crippen LogP contribution in [0.15, 0.2) is 18.2 Å². The van der Waals surface area contributed by atoms with Crippen LogP contribution in [0.25, 0.3) is 0 Å². The Hall–Kier alpha value is -1.02. The Morgan fingerprint density at radius 3 is 2.56 bits per heavy atom. The fraction of sp³-hybridized carbons (Fsp3) is 0.462. The summed E-state index contributed by atoms with van der Waals surface area (Å²) in [6.45, 7) is 3.71. The van der Waals surface area contributed by atoms with Crippen molar-refractivity contribution in [2.24, 2.45) is 0 Å². The molecule has 1 fully saturated rings. The lowest BCUT2D eigenvalue weighted by Crippen LogP contribution is -2.35. The van der Waals surface area contributed by atoms with Gasteiger partial charge < -0.3 is 4.90 Å². The standard InChI is InChI=1S/C13H16ClNO/c1-10-9-11(14)5-6-12(10)13(16)15-7-3-2-4-8-15/h5-6,9H,2-4,7-8H2,1H3. The van der Waals surface area contributed by atoms with Crippen LogP contribution in [0.1, 0.15) is 35.2 Å². The van der Waals surface area contributed by atoms with Crippen LogP contribution in [0, 0.1) is 6.92 Å². The molecule has 2 rings (SSSR count). The second-order valence-electron chi connectivity index (χ2n) is 4.31. The van der Waals surface area contributed by atoms with E-state index < -0.39 is 0 Å². The number of carbonyl (C=O) groups is 1.